The second kappa shape index (κ2) is 9.42. The van der Waals surface area contributed by atoms with E-state index in [1.807, 2.05) is 0 Å². The summed E-state index contributed by atoms with van der Waals surface area (Å²) in [5, 5.41) is 0. The standard InChI is InChI=1S/C9H16O6/c1-3-15-9(11)7-14-5-4-13-6-8(10)12-2/h3-7H2,1-2H3. The maximum atomic E-state index is 10.8. The molecule has 0 aliphatic rings. The number of carbonyl (C=O) groups is 2. The molecule has 0 saturated carbocycles. The van der Waals surface area contributed by atoms with Crippen LogP contribution in [0.1, 0.15) is 6.92 Å². The Hall–Kier alpha value is -1.14. The van der Waals surface area contributed by atoms with Crippen molar-refractivity contribution >= 4 is 11.9 Å². The number of hydrogen-bond donors (Lipinski definition) is 0. The minimum Gasteiger partial charge on any atom is -0.467 e. The highest BCUT2D eigenvalue weighted by Gasteiger charge is 2.02. The quantitative estimate of drug-likeness (QED) is 0.415. The summed E-state index contributed by atoms with van der Waals surface area (Å²) in [7, 11) is 1.28. The maximum Gasteiger partial charge on any atom is 0.332 e. The lowest BCUT2D eigenvalue weighted by molar-refractivity contribution is -0.151. The number of carbonyl (C=O) groups excluding carboxylic acids is 2. The van der Waals surface area contributed by atoms with E-state index in [1.54, 1.807) is 6.92 Å². The highest BCUT2D eigenvalue weighted by atomic mass is 16.6. The summed E-state index contributed by atoms with van der Waals surface area (Å²) in [5.41, 5.74) is 0. The zero-order valence-corrected chi connectivity index (χ0v) is 8.99. The summed E-state index contributed by atoms with van der Waals surface area (Å²) in [6.45, 7) is 2.30. The van der Waals surface area contributed by atoms with Crippen LogP contribution in [-0.2, 0) is 28.5 Å². The van der Waals surface area contributed by atoms with Crippen molar-refractivity contribution in [3.63, 3.8) is 0 Å². The SMILES string of the molecule is CCOC(=O)COCCOCC(=O)OC. The monoisotopic (exact) mass is 220 g/mol. The third-order valence-corrected chi connectivity index (χ3v) is 1.34. The van der Waals surface area contributed by atoms with E-state index in [1.165, 1.54) is 7.11 Å². The van der Waals surface area contributed by atoms with Gasteiger partial charge < -0.3 is 18.9 Å². The van der Waals surface area contributed by atoms with Crippen LogP contribution in [0.2, 0.25) is 0 Å². The van der Waals surface area contributed by atoms with Crippen LogP contribution in [-0.4, -0.2) is 52.1 Å². The minimum atomic E-state index is -0.444. The Morgan fingerprint density at radius 1 is 1.00 bits per heavy atom. The highest BCUT2D eigenvalue weighted by Crippen LogP contribution is 1.83. The second-order valence-corrected chi connectivity index (χ2v) is 2.49. The molecule has 6 nitrogen and oxygen atoms in total. The Morgan fingerprint density at radius 2 is 1.53 bits per heavy atom. The van der Waals surface area contributed by atoms with Crippen molar-refractivity contribution in [2.24, 2.45) is 0 Å². The van der Waals surface area contributed by atoms with Gasteiger partial charge in [-0.05, 0) is 6.92 Å². The fraction of sp³-hybridized carbons (Fsp3) is 0.778. The molecular weight excluding hydrogens is 204 g/mol. The molecule has 0 atom stereocenters. The lowest BCUT2D eigenvalue weighted by Crippen LogP contribution is -2.17. The number of esters is 2. The first-order chi connectivity index (χ1) is 7.20. The molecule has 0 bridgehead atoms. The van der Waals surface area contributed by atoms with Crippen molar-refractivity contribution in [3.8, 4) is 0 Å². The van der Waals surface area contributed by atoms with Gasteiger partial charge in [0.25, 0.3) is 0 Å². The number of methoxy groups -OCH3 is 1. The summed E-state index contributed by atoms with van der Waals surface area (Å²) in [4.78, 5) is 21.3. The van der Waals surface area contributed by atoms with Crippen LogP contribution in [0.4, 0.5) is 0 Å². The maximum absolute atomic E-state index is 10.8. The molecular formula is C9H16O6. The van der Waals surface area contributed by atoms with Crippen molar-refractivity contribution < 1.29 is 28.5 Å². The molecule has 6 heteroatoms. The second-order valence-electron chi connectivity index (χ2n) is 2.49. The van der Waals surface area contributed by atoms with E-state index in [0.717, 1.165) is 0 Å². The molecule has 0 rings (SSSR count). The predicted molar refractivity (Wildman–Crippen MR) is 50.3 cm³/mol. The van der Waals surface area contributed by atoms with Crippen LogP contribution in [0, 0.1) is 0 Å². The Bertz CT molecular complexity index is 191. The van der Waals surface area contributed by atoms with Gasteiger partial charge in [-0.1, -0.05) is 0 Å². The van der Waals surface area contributed by atoms with E-state index in [4.69, 9.17) is 9.47 Å². The van der Waals surface area contributed by atoms with Crippen LogP contribution < -0.4 is 0 Å². The third kappa shape index (κ3) is 9.17. The number of hydrogen-bond acceptors (Lipinski definition) is 6. The summed E-state index contributed by atoms with van der Waals surface area (Å²) in [6, 6.07) is 0. The molecule has 88 valence electrons. The lowest BCUT2D eigenvalue weighted by Gasteiger charge is -2.04. The third-order valence-electron chi connectivity index (χ3n) is 1.34. The first-order valence-electron chi connectivity index (χ1n) is 4.58. The van der Waals surface area contributed by atoms with Crippen LogP contribution >= 0.6 is 0 Å². The van der Waals surface area contributed by atoms with Gasteiger partial charge in [0.2, 0.25) is 0 Å². The van der Waals surface area contributed by atoms with Gasteiger partial charge in [0.1, 0.15) is 13.2 Å². The summed E-state index contributed by atoms with van der Waals surface area (Å²) in [5.74, 6) is -0.856. The van der Waals surface area contributed by atoms with Crippen LogP contribution in [0.5, 0.6) is 0 Å². The van der Waals surface area contributed by atoms with Gasteiger partial charge in [-0.15, -0.1) is 0 Å². The Labute approximate surface area is 88.4 Å². The Morgan fingerprint density at radius 3 is 2.00 bits per heavy atom. The van der Waals surface area contributed by atoms with Crippen molar-refractivity contribution in [1.82, 2.24) is 0 Å². The molecule has 0 unspecified atom stereocenters. The average Bonchev–Trinajstić information content (AvgIpc) is 2.23. The normalized spacial score (nSPS) is 9.73. The van der Waals surface area contributed by atoms with Gasteiger partial charge in [-0.2, -0.15) is 0 Å². The van der Waals surface area contributed by atoms with E-state index in [0.29, 0.717) is 6.61 Å². The van der Waals surface area contributed by atoms with E-state index in [2.05, 4.69) is 9.47 Å². The van der Waals surface area contributed by atoms with Gasteiger partial charge in [0.05, 0.1) is 26.9 Å². The molecule has 0 aromatic heterocycles. The van der Waals surface area contributed by atoms with Crippen molar-refractivity contribution in [2.75, 3.05) is 40.1 Å². The molecule has 0 amide bonds. The van der Waals surface area contributed by atoms with Crippen molar-refractivity contribution in [3.05, 3.63) is 0 Å². The molecule has 0 aromatic carbocycles. The highest BCUT2D eigenvalue weighted by molar-refractivity contribution is 5.70. The first kappa shape index (κ1) is 13.9. The van der Waals surface area contributed by atoms with Crippen molar-refractivity contribution in [2.45, 2.75) is 6.92 Å². The topological polar surface area (TPSA) is 71.1 Å². The number of rotatable bonds is 8. The summed E-state index contributed by atoms with van der Waals surface area (Å²) in [6.07, 6.45) is 0. The number of ether oxygens (including phenoxy) is 4. The molecule has 0 aliphatic carbocycles. The molecule has 0 saturated heterocycles. The minimum absolute atomic E-state index is 0.102. The predicted octanol–water partition coefficient (Wildman–Crippen LogP) is -0.244. The molecule has 0 aromatic rings. The van der Waals surface area contributed by atoms with Crippen LogP contribution in [0.25, 0.3) is 0 Å². The van der Waals surface area contributed by atoms with Gasteiger partial charge in [0, 0.05) is 0 Å². The summed E-state index contributed by atoms with van der Waals surface area (Å²) >= 11 is 0. The van der Waals surface area contributed by atoms with E-state index in [9.17, 15) is 9.59 Å². The zero-order valence-electron chi connectivity index (χ0n) is 8.99. The summed E-state index contributed by atoms with van der Waals surface area (Å²) < 4.78 is 18.8. The first-order valence-corrected chi connectivity index (χ1v) is 4.58. The average molecular weight is 220 g/mol. The molecule has 0 spiro atoms. The fourth-order valence-corrected chi connectivity index (χ4v) is 0.690. The van der Waals surface area contributed by atoms with Crippen molar-refractivity contribution in [1.29, 1.82) is 0 Å². The van der Waals surface area contributed by atoms with Gasteiger partial charge in [-0.25, -0.2) is 9.59 Å². The van der Waals surface area contributed by atoms with Crippen LogP contribution in [0.15, 0.2) is 0 Å². The fourth-order valence-electron chi connectivity index (χ4n) is 0.690. The zero-order chi connectivity index (χ0) is 11.5. The largest absolute Gasteiger partial charge is 0.467 e. The molecule has 0 radical (unpaired) electrons. The van der Waals surface area contributed by atoms with Gasteiger partial charge >= 0.3 is 11.9 Å². The smallest absolute Gasteiger partial charge is 0.332 e. The molecule has 0 fully saturated rings. The molecule has 0 N–H and O–H groups in total. The van der Waals surface area contributed by atoms with Crippen LogP contribution in [0.3, 0.4) is 0 Å². The van der Waals surface area contributed by atoms with E-state index < -0.39 is 11.9 Å². The van der Waals surface area contributed by atoms with E-state index in [-0.39, 0.29) is 26.4 Å². The van der Waals surface area contributed by atoms with Gasteiger partial charge in [0.15, 0.2) is 0 Å². The Balaban J connectivity index is 3.18. The van der Waals surface area contributed by atoms with Gasteiger partial charge in [-0.3, -0.25) is 0 Å². The molecule has 0 aliphatic heterocycles. The molecule has 15 heavy (non-hydrogen) atoms. The lowest BCUT2D eigenvalue weighted by atomic mass is 10.6. The molecule has 0 heterocycles. The van der Waals surface area contributed by atoms with E-state index >= 15 is 0 Å². The Kier molecular flexibility index (Phi) is 8.70.